The Hall–Kier alpha value is -3.99. The maximum absolute atomic E-state index is 13.5. The number of nitrogens with zero attached hydrogens (tertiary/aromatic N) is 5. The van der Waals surface area contributed by atoms with E-state index in [2.05, 4.69) is 10.2 Å². The molecule has 0 aliphatic heterocycles. The van der Waals surface area contributed by atoms with Crippen molar-refractivity contribution in [1.29, 1.82) is 0 Å². The number of benzene rings is 2. The number of hydrogen-bond donors (Lipinski definition) is 1. The second kappa shape index (κ2) is 11.2. The number of halogens is 1. The van der Waals surface area contributed by atoms with Crippen molar-refractivity contribution in [3.05, 3.63) is 90.1 Å². The van der Waals surface area contributed by atoms with E-state index in [0.717, 1.165) is 20.4 Å². The van der Waals surface area contributed by atoms with Crippen LogP contribution in [-0.4, -0.2) is 25.8 Å². The van der Waals surface area contributed by atoms with Crippen molar-refractivity contribution in [1.82, 2.24) is 13.8 Å². The van der Waals surface area contributed by atoms with Crippen molar-refractivity contribution in [3.8, 4) is 5.75 Å². The molecule has 0 saturated heterocycles. The number of nitrogens with two attached hydrogens (primary N) is 1. The van der Waals surface area contributed by atoms with Crippen LogP contribution in [0.3, 0.4) is 0 Å². The average molecular weight is 515 g/mol. The Labute approximate surface area is 211 Å². The summed E-state index contributed by atoms with van der Waals surface area (Å²) in [5.41, 5.74) is 0.317. The molecule has 0 aliphatic rings. The van der Waals surface area contributed by atoms with Crippen molar-refractivity contribution in [2.75, 3.05) is 5.84 Å². The summed E-state index contributed by atoms with van der Waals surface area (Å²) >= 11 is 6.33. The van der Waals surface area contributed by atoms with Crippen LogP contribution in [0.4, 0.5) is 5.69 Å². The number of hydrogen-bond acceptors (Lipinski definition) is 7. The van der Waals surface area contributed by atoms with Gasteiger partial charge < -0.3 is 10.6 Å². The Bertz CT molecular complexity index is 1470. The minimum atomic E-state index is -0.991. The highest BCUT2D eigenvalue weighted by molar-refractivity contribution is 6.32. The van der Waals surface area contributed by atoms with Crippen LogP contribution < -0.4 is 27.6 Å². The fraction of sp³-hybridized carbons (Fsp3) is 0.333. The van der Waals surface area contributed by atoms with Crippen molar-refractivity contribution >= 4 is 23.2 Å². The van der Waals surface area contributed by atoms with E-state index in [1.165, 1.54) is 17.6 Å². The van der Waals surface area contributed by atoms with E-state index in [1.807, 2.05) is 45.0 Å². The predicted molar refractivity (Wildman–Crippen MR) is 136 cm³/mol. The summed E-state index contributed by atoms with van der Waals surface area (Å²) in [6, 6.07) is 11.2. The molecule has 190 valence electrons. The van der Waals surface area contributed by atoms with Crippen LogP contribution in [-0.2, 0) is 11.3 Å². The Kier molecular flexibility index (Phi) is 8.25. The van der Waals surface area contributed by atoms with Gasteiger partial charge in [-0.15, -0.1) is 4.91 Å². The molecule has 11 nitrogen and oxygen atoms in total. The average Bonchev–Trinajstić information content (AvgIpc) is 2.82. The first-order chi connectivity index (χ1) is 17.0. The quantitative estimate of drug-likeness (QED) is 0.361. The van der Waals surface area contributed by atoms with Gasteiger partial charge in [0.2, 0.25) is 5.62 Å². The lowest BCUT2D eigenvalue weighted by atomic mass is 10.1. The molecule has 0 radical (unpaired) electrons. The van der Waals surface area contributed by atoms with Gasteiger partial charge in [-0.1, -0.05) is 41.4 Å². The van der Waals surface area contributed by atoms with Gasteiger partial charge in [-0.2, -0.15) is 4.68 Å². The first kappa shape index (κ1) is 26.6. The first-order valence-corrected chi connectivity index (χ1v) is 11.6. The molecule has 0 fully saturated rings. The summed E-state index contributed by atoms with van der Waals surface area (Å²) in [6.45, 7) is 7.15. The van der Waals surface area contributed by atoms with Crippen molar-refractivity contribution in [3.63, 3.8) is 0 Å². The maximum atomic E-state index is 13.5. The molecule has 1 amide bonds. The molecular weight excluding hydrogens is 488 g/mol. The molecule has 12 heteroatoms. The molecule has 0 aliphatic carbocycles. The van der Waals surface area contributed by atoms with Gasteiger partial charge >= 0.3 is 11.4 Å². The summed E-state index contributed by atoms with van der Waals surface area (Å²) in [5.74, 6) is 5.58. The summed E-state index contributed by atoms with van der Waals surface area (Å²) in [5, 5.41) is 2.64. The Balaban J connectivity index is 2.25. The van der Waals surface area contributed by atoms with E-state index in [-0.39, 0.29) is 18.3 Å². The van der Waals surface area contributed by atoms with Crippen LogP contribution in [0.5, 0.6) is 5.75 Å². The fourth-order valence-electron chi connectivity index (χ4n) is 3.54. The van der Waals surface area contributed by atoms with Crippen LogP contribution in [0.15, 0.2) is 62.2 Å². The largest absolute Gasteiger partial charge is 0.489 e. The minimum absolute atomic E-state index is 0.0320. The monoisotopic (exact) mass is 514 g/mol. The molecule has 0 spiro atoms. The second-order valence-electron chi connectivity index (χ2n) is 8.61. The van der Waals surface area contributed by atoms with Gasteiger partial charge in [0.15, 0.2) is 0 Å². The van der Waals surface area contributed by atoms with Crippen molar-refractivity contribution in [2.24, 2.45) is 10.2 Å². The van der Waals surface area contributed by atoms with Crippen LogP contribution in [0, 0.1) is 11.8 Å². The summed E-state index contributed by atoms with van der Waals surface area (Å²) in [6.07, 6.45) is -0.529. The van der Waals surface area contributed by atoms with Gasteiger partial charge in [0.1, 0.15) is 5.75 Å². The Morgan fingerprint density at radius 3 is 2.33 bits per heavy atom. The third kappa shape index (κ3) is 5.98. The number of nitrogen functional groups attached to an aromatic ring is 1. The van der Waals surface area contributed by atoms with Crippen molar-refractivity contribution in [2.45, 2.75) is 52.8 Å². The maximum Gasteiger partial charge on any atom is 0.354 e. The molecule has 2 N–H and O–H groups in total. The third-order valence-electron chi connectivity index (χ3n) is 5.29. The third-order valence-corrected chi connectivity index (χ3v) is 5.58. The molecule has 2 aromatic carbocycles. The zero-order valence-corrected chi connectivity index (χ0v) is 21.1. The number of rotatable bonds is 8. The number of aryl methyl sites for hydroxylation is 1. The summed E-state index contributed by atoms with van der Waals surface area (Å²) in [4.78, 5) is 53.2. The van der Waals surface area contributed by atoms with Gasteiger partial charge in [0.05, 0.1) is 29.8 Å². The highest BCUT2D eigenvalue weighted by Gasteiger charge is 2.20. The van der Waals surface area contributed by atoms with E-state index in [1.54, 1.807) is 12.1 Å². The number of carbonyl (C=O) groups excluding carboxylic acids is 1. The molecule has 1 heterocycles. The smallest absolute Gasteiger partial charge is 0.354 e. The first-order valence-electron chi connectivity index (χ1n) is 11.2. The highest BCUT2D eigenvalue weighted by Crippen LogP contribution is 2.29. The van der Waals surface area contributed by atoms with Crippen LogP contribution >= 0.6 is 11.6 Å². The van der Waals surface area contributed by atoms with Crippen LogP contribution in [0.25, 0.3) is 0 Å². The Morgan fingerprint density at radius 2 is 1.75 bits per heavy atom. The standard InChI is InChI=1S/C24H27ClN6O5/c1-14(2)36-20-10-9-18(12-19(20)25)27-22-29(13-17-7-5-15(3)6-8-17)23(33)30(24(34)31(22)26)16(4)11-21(32)28-35/h5-10,12,14,16H,11,13,26H2,1-4H3/b27-22-/t16-/m0/s1. The lowest BCUT2D eigenvalue weighted by Gasteiger charge is -2.17. The molecule has 0 unspecified atom stereocenters. The molecule has 36 heavy (non-hydrogen) atoms. The lowest BCUT2D eigenvalue weighted by molar-refractivity contribution is -0.118. The minimum Gasteiger partial charge on any atom is -0.489 e. The zero-order valence-electron chi connectivity index (χ0n) is 20.3. The summed E-state index contributed by atoms with van der Waals surface area (Å²) < 4.78 is 8.38. The van der Waals surface area contributed by atoms with Gasteiger partial charge in [0.25, 0.3) is 5.91 Å². The van der Waals surface area contributed by atoms with Gasteiger partial charge in [-0.05, 0) is 51.5 Å². The van der Waals surface area contributed by atoms with E-state index in [9.17, 15) is 19.3 Å². The molecule has 3 aromatic rings. The number of ether oxygens (including phenoxy) is 1. The van der Waals surface area contributed by atoms with E-state index < -0.39 is 29.7 Å². The van der Waals surface area contributed by atoms with E-state index in [0.29, 0.717) is 16.5 Å². The predicted octanol–water partition coefficient (Wildman–Crippen LogP) is 2.80. The molecule has 0 saturated carbocycles. The van der Waals surface area contributed by atoms with Gasteiger partial charge in [0, 0.05) is 11.2 Å². The van der Waals surface area contributed by atoms with E-state index >= 15 is 0 Å². The normalized spacial score (nSPS) is 12.6. The van der Waals surface area contributed by atoms with Crippen LogP contribution in [0.1, 0.15) is 44.4 Å². The zero-order chi connectivity index (χ0) is 26.6. The molecule has 0 bridgehead atoms. The van der Waals surface area contributed by atoms with Gasteiger partial charge in [-0.25, -0.2) is 19.1 Å². The number of nitroso groups, excluding NO2 is 1. The van der Waals surface area contributed by atoms with Gasteiger partial charge in [-0.3, -0.25) is 9.36 Å². The van der Waals surface area contributed by atoms with E-state index in [4.69, 9.17) is 22.2 Å². The highest BCUT2D eigenvalue weighted by atomic mass is 35.5. The molecular formula is C24H27ClN6O5. The number of amides is 1. The molecule has 1 atom stereocenters. The Morgan fingerprint density at radius 1 is 1.08 bits per heavy atom. The lowest BCUT2D eigenvalue weighted by Crippen LogP contribution is -2.58. The second-order valence-corrected chi connectivity index (χ2v) is 9.02. The number of carbonyl (C=O) groups is 1. The summed E-state index contributed by atoms with van der Waals surface area (Å²) in [7, 11) is 0. The molecule has 3 rings (SSSR count). The SMILES string of the molecule is Cc1ccc(Cn2c(=O)n([C@@H](C)CC(=O)N=O)c(=O)n(N)/c2=N\c2ccc(OC(C)C)c(Cl)c2)cc1. The molecule has 1 aromatic heterocycles. The fourth-order valence-corrected chi connectivity index (χ4v) is 3.76. The van der Waals surface area contributed by atoms with Crippen LogP contribution in [0.2, 0.25) is 5.02 Å². The number of aromatic nitrogens is 3. The van der Waals surface area contributed by atoms with Crippen molar-refractivity contribution < 1.29 is 9.53 Å². The topological polar surface area (TPSA) is 143 Å².